The molecule has 2 N–H and O–H groups in total. The van der Waals surface area contributed by atoms with Crippen molar-refractivity contribution in [1.82, 2.24) is 39.7 Å². The molecule has 0 bridgehead atoms. The van der Waals surface area contributed by atoms with Gasteiger partial charge >= 0.3 is 0 Å². The van der Waals surface area contributed by atoms with E-state index < -0.39 is 0 Å². The van der Waals surface area contributed by atoms with Crippen LogP contribution in [0.4, 0.5) is 0 Å². The minimum absolute atomic E-state index is 0.674. The van der Waals surface area contributed by atoms with Gasteiger partial charge in [-0.05, 0) is 32.0 Å². The number of hydrogen-bond acceptors (Lipinski definition) is 5. The van der Waals surface area contributed by atoms with E-state index in [1.165, 1.54) is 0 Å². The predicted molar refractivity (Wildman–Crippen MR) is 125 cm³/mol. The molecule has 8 heteroatoms. The van der Waals surface area contributed by atoms with Gasteiger partial charge in [-0.2, -0.15) is 5.10 Å². The molecular weight excluding hydrogens is 400 g/mol. The maximum Gasteiger partial charge on any atom is 0.159 e. The van der Waals surface area contributed by atoms with Gasteiger partial charge in [-0.25, -0.2) is 9.97 Å². The van der Waals surface area contributed by atoms with Crippen LogP contribution < -0.4 is 0 Å². The molecule has 8 nitrogen and oxygen atoms in total. The summed E-state index contributed by atoms with van der Waals surface area (Å²) in [6.07, 6.45) is 9.06. The van der Waals surface area contributed by atoms with E-state index >= 15 is 0 Å². The van der Waals surface area contributed by atoms with Gasteiger partial charge in [-0.15, -0.1) is 0 Å². The summed E-state index contributed by atoms with van der Waals surface area (Å²) in [5.41, 5.74) is 6.80. The summed E-state index contributed by atoms with van der Waals surface area (Å²) in [5.74, 6) is 1.60. The molecule has 32 heavy (non-hydrogen) atoms. The maximum absolute atomic E-state index is 4.89. The van der Waals surface area contributed by atoms with Crippen LogP contribution in [0, 0.1) is 13.8 Å². The summed E-state index contributed by atoms with van der Waals surface area (Å²) >= 11 is 0. The lowest BCUT2D eigenvalue weighted by atomic mass is 10.1. The molecule has 0 amide bonds. The average molecular weight is 422 g/mol. The molecule has 0 aliphatic rings. The highest BCUT2D eigenvalue weighted by molar-refractivity contribution is 5.93. The molecule has 5 aromatic rings. The van der Waals surface area contributed by atoms with Gasteiger partial charge in [0.15, 0.2) is 5.82 Å². The molecule has 0 aromatic carbocycles. The van der Waals surface area contributed by atoms with E-state index in [-0.39, 0.29) is 0 Å². The molecular formula is C24H22N8. The van der Waals surface area contributed by atoms with Gasteiger partial charge in [0.05, 0.1) is 40.7 Å². The topological polar surface area (TPSA) is 101 Å². The summed E-state index contributed by atoms with van der Waals surface area (Å²) in [4.78, 5) is 21.7. The van der Waals surface area contributed by atoms with Crippen molar-refractivity contribution < 1.29 is 0 Å². The Balaban J connectivity index is 1.62. The molecule has 0 radical (unpaired) electrons. The maximum atomic E-state index is 4.89. The van der Waals surface area contributed by atoms with Crippen molar-refractivity contribution in [2.24, 2.45) is 7.05 Å². The Labute approximate surface area is 184 Å². The average Bonchev–Trinajstić information content (AvgIpc) is 3.49. The molecule has 158 valence electrons. The van der Waals surface area contributed by atoms with E-state index in [0.717, 1.165) is 56.5 Å². The zero-order valence-electron chi connectivity index (χ0n) is 18.1. The fourth-order valence-corrected chi connectivity index (χ4v) is 3.74. The van der Waals surface area contributed by atoms with Gasteiger partial charge in [0, 0.05) is 29.9 Å². The second kappa shape index (κ2) is 7.73. The summed E-state index contributed by atoms with van der Waals surface area (Å²) in [7, 11) is 1.98. The number of aromatic amines is 2. The Kier molecular flexibility index (Phi) is 4.74. The molecule has 5 heterocycles. The van der Waals surface area contributed by atoms with E-state index in [2.05, 4.69) is 36.7 Å². The van der Waals surface area contributed by atoms with Crippen molar-refractivity contribution >= 4 is 16.5 Å². The number of pyridine rings is 2. The minimum atomic E-state index is 0.674. The molecule has 0 saturated carbocycles. The Hall–Kier alpha value is -4.33. The second-order valence-electron chi connectivity index (χ2n) is 7.53. The molecule has 5 rings (SSSR count). The number of imidazole rings is 2. The lowest BCUT2D eigenvalue weighted by molar-refractivity contribution is 0.862. The standard InChI is InChI=1S/C24H22N8/c1-5-8-16(18-9-6-7-10-25-18)22-14(2)28-24(29-22)23-17-11-19(27-12-20(17)30-31-23)21-13-26-15(3)32(21)4/h5-13H,1H2,2-4H3,(H,28,29)(H,30,31)/b16-8-. The Morgan fingerprint density at radius 1 is 1.12 bits per heavy atom. The highest BCUT2D eigenvalue weighted by Gasteiger charge is 2.19. The highest BCUT2D eigenvalue weighted by atomic mass is 15.1. The Morgan fingerprint density at radius 3 is 2.72 bits per heavy atom. The first-order valence-corrected chi connectivity index (χ1v) is 10.2. The van der Waals surface area contributed by atoms with Crippen LogP contribution in [0.2, 0.25) is 0 Å². The molecule has 0 aliphatic heterocycles. The van der Waals surface area contributed by atoms with E-state index in [0.29, 0.717) is 5.82 Å². The van der Waals surface area contributed by atoms with Crippen LogP contribution in [-0.4, -0.2) is 39.7 Å². The van der Waals surface area contributed by atoms with Crippen LogP contribution in [0.15, 0.2) is 61.6 Å². The van der Waals surface area contributed by atoms with Crippen LogP contribution in [-0.2, 0) is 7.05 Å². The van der Waals surface area contributed by atoms with Gasteiger partial charge in [0.25, 0.3) is 0 Å². The fourth-order valence-electron chi connectivity index (χ4n) is 3.74. The summed E-state index contributed by atoms with van der Waals surface area (Å²) in [6.45, 7) is 7.81. The summed E-state index contributed by atoms with van der Waals surface area (Å²) in [5, 5.41) is 8.52. The Morgan fingerprint density at radius 2 is 2.00 bits per heavy atom. The number of allylic oxidation sites excluding steroid dienone is 2. The third-order valence-corrected chi connectivity index (χ3v) is 5.52. The number of H-pyrrole nitrogens is 2. The number of nitrogens with zero attached hydrogens (tertiary/aromatic N) is 6. The largest absolute Gasteiger partial charge is 0.340 e. The van der Waals surface area contributed by atoms with Crippen molar-refractivity contribution in [2.45, 2.75) is 13.8 Å². The molecule has 0 spiro atoms. The van der Waals surface area contributed by atoms with E-state index in [1.807, 2.05) is 62.0 Å². The van der Waals surface area contributed by atoms with Crippen molar-refractivity contribution in [3.63, 3.8) is 0 Å². The van der Waals surface area contributed by atoms with Gasteiger partial charge in [0.1, 0.15) is 11.5 Å². The first kappa shape index (κ1) is 19.6. The molecule has 0 aliphatic carbocycles. The predicted octanol–water partition coefficient (Wildman–Crippen LogP) is 4.38. The van der Waals surface area contributed by atoms with Crippen LogP contribution in [0.3, 0.4) is 0 Å². The second-order valence-corrected chi connectivity index (χ2v) is 7.53. The molecule has 0 atom stereocenters. The van der Waals surface area contributed by atoms with Crippen molar-refractivity contribution in [1.29, 1.82) is 0 Å². The molecule has 0 saturated heterocycles. The van der Waals surface area contributed by atoms with Crippen LogP contribution in [0.25, 0.3) is 39.4 Å². The van der Waals surface area contributed by atoms with Gasteiger partial charge in [0.2, 0.25) is 0 Å². The van der Waals surface area contributed by atoms with Crippen LogP contribution in [0.1, 0.15) is 22.9 Å². The number of fused-ring (bicyclic) bond motifs is 1. The normalized spacial score (nSPS) is 11.9. The lowest BCUT2D eigenvalue weighted by Gasteiger charge is -2.04. The number of aromatic nitrogens is 8. The quantitative estimate of drug-likeness (QED) is 0.409. The molecule has 5 aromatic heterocycles. The van der Waals surface area contributed by atoms with Crippen LogP contribution in [0.5, 0.6) is 0 Å². The number of hydrogen-bond donors (Lipinski definition) is 2. The first-order chi connectivity index (χ1) is 15.6. The lowest BCUT2D eigenvalue weighted by Crippen LogP contribution is -1.95. The molecule has 0 unspecified atom stereocenters. The summed E-state index contributed by atoms with van der Waals surface area (Å²) < 4.78 is 2.02. The number of nitrogens with one attached hydrogen (secondary N) is 2. The fraction of sp³-hybridized carbons (Fsp3) is 0.125. The zero-order chi connectivity index (χ0) is 22.2. The third-order valence-electron chi connectivity index (χ3n) is 5.52. The van der Waals surface area contributed by atoms with E-state index in [4.69, 9.17) is 4.98 Å². The SMILES string of the molecule is C=C/C=C(/c1ccccn1)c1nc(-c2n[nH]c3cnc(-c4cnc(C)n4C)cc23)[nH]c1C. The number of rotatable bonds is 5. The Bertz CT molecular complexity index is 1470. The summed E-state index contributed by atoms with van der Waals surface area (Å²) in [6, 6.07) is 7.82. The van der Waals surface area contributed by atoms with Gasteiger partial charge < -0.3 is 9.55 Å². The van der Waals surface area contributed by atoms with Gasteiger partial charge in [-0.1, -0.05) is 24.8 Å². The smallest absolute Gasteiger partial charge is 0.159 e. The van der Waals surface area contributed by atoms with E-state index in [9.17, 15) is 0 Å². The van der Waals surface area contributed by atoms with Crippen LogP contribution >= 0.6 is 0 Å². The highest BCUT2D eigenvalue weighted by Crippen LogP contribution is 2.31. The molecule has 0 fully saturated rings. The van der Waals surface area contributed by atoms with Crippen molar-refractivity contribution in [2.75, 3.05) is 0 Å². The monoisotopic (exact) mass is 422 g/mol. The number of aryl methyl sites for hydroxylation is 2. The minimum Gasteiger partial charge on any atom is -0.340 e. The first-order valence-electron chi connectivity index (χ1n) is 10.2. The zero-order valence-corrected chi connectivity index (χ0v) is 18.1. The van der Waals surface area contributed by atoms with Gasteiger partial charge in [-0.3, -0.25) is 15.1 Å². The van der Waals surface area contributed by atoms with Crippen molar-refractivity contribution in [3.05, 3.63) is 84.5 Å². The third kappa shape index (κ3) is 3.22. The van der Waals surface area contributed by atoms with Crippen molar-refractivity contribution in [3.8, 4) is 22.9 Å². The van der Waals surface area contributed by atoms with E-state index in [1.54, 1.807) is 18.5 Å².